The monoisotopic (exact) mass is 270 g/mol. The van der Waals surface area contributed by atoms with Crippen molar-refractivity contribution in [2.24, 2.45) is 0 Å². The van der Waals surface area contributed by atoms with Crippen molar-refractivity contribution in [2.75, 3.05) is 7.11 Å². The van der Waals surface area contributed by atoms with Gasteiger partial charge in [0, 0.05) is 12.0 Å². The highest BCUT2D eigenvalue weighted by molar-refractivity contribution is 5.39. The Balaban J connectivity index is 2.32. The molecule has 20 heavy (non-hydrogen) atoms. The molecular formula is C18H22O2. The van der Waals surface area contributed by atoms with Crippen LogP contribution in [0, 0.1) is 13.8 Å². The van der Waals surface area contributed by atoms with Crippen molar-refractivity contribution in [3.63, 3.8) is 0 Å². The third kappa shape index (κ3) is 3.02. The Labute approximate surface area is 121 Å². The fourth-order valence-corrected chi connectivity index (χ4v) is 2.50. The van der Waals surface area contributed by atoms with Crippen molar-refractivity contribution in [3.05, 3.63) is 64.7 Å². The summed E-state index contributed by atoms with van der Waals surface area (Å²) in [5.74, 6) is 0.723. The van der Waals surface area contributed by atoms with E-state index in [-0.39, 0.29) is 0 Å². The van der Waals surface area contributed by atoms with Gasteiger partial charge in [0.15, 0.2) is 0 Å². The number of aryl methyl sites for hydroxylation is 2. The molecule has 0 bridgehead atoms. The lowest BCUT2D eigenvalue weighted by Crippen LogP contribution is -2.25. The molecule has 0 amide bonds. The van der Waals surface area contributed by atoms with Gasteiger partial charge in [-0.15, -0.1) is 0 Å². The number of para-hydroxylation sites is 1. The number of hydrogen-bond acceptors (Lipinski definition) is 2. The van der Waals surface area contributed by atoms with E-state index in [0.29, 0.717) is 6.42 Å². The lowest BCUT2D eigenvalue weighted by molar-refractivity contribution is 0.0549. The highest BCUT2D eigenvalue weighted by Crippen LogP contribution is 2.32. The molecule has 0 aliphatic rings. The first-order chi connectivity index (χ1) is 9.44. The molecule has 0 saturated carbocycles. The van der Waals surface area contributed by atoms with Gasteiger partial charge >= 0.3 is 0 Å². The molecule has 0 fully saturated rings. The quantitative estimate of drug-likeness (QED) is 0.916. The minimum absolute atomic E-state index is 0.564. The van der Waals surface area contributed by atoms with Crippen LogP contribution in [0.3, 0.4) is 0 Å². The van der Waals surface area contributed by atoms with Crippen molar-refractivity contribution >= 4 is 0 Å². The van der Waals surface area contributed by atoms with Crippen molar-refractivity contribution in [2.45, 2.75) is 32.8 Å². The summed E-state index contributed by atoms with van der Waals surface area (Å²) in [7, 11) is 1.63. The molecule has 1 atom stereocenters. The fraction of sp³-hybridized carbons (Fsp3) is 0.333. The van der Waals surface area contributed by atoms with Gasteiger partial charge < -0.3 is 9.84 Å². The van der Waals surface area contributed by atoms with Crippen LogP contribution in [0.2, 0.25) is 0 Å². The van der Waals surface area contributed by atoms with Gasteiger partial charge in [-0.3, -0.25) is 0 Å². The Bertz CT molecular complexity index is 600. The van der Waals surface area contributed by atoms with Crippen LogP contribution in [0.15, 0.2) is 42.5 Å². The highest BCUT2D eigenvalue weighted by Gasteiger charge is 2.27. The van der Waals surface area contributed by atoms with Crippen LogP contribution in [0.1, 0.15) is 29.2 Å². The molecular weight excluding hydrogens is 248 g/mol. The zero-order valence-corrected chi connectivity index (χ0v) is 12.6. The minimum atomic E-state index is -0.950. The molecule has 0 radical (unpaired) electrons. The van der Waals surface area contributed by atoms with Crippen LogP contribution >= 0.6 is 0 Å². The number of ether oxygens (including phenoxy) is 1. The standard InChI is InChI=1S/C18H22O2/c1-13-9-10-15(11-14(13)2)12-18(3,19)16-7-5-6-8-17(16)20-4/h5-11,19H,12H2,1-4H3. The molecule has 0 aliphatic carbocycles. The second kappa shape index (κ2) is 5.68. The Morgan fingerprint density at radius 3 is 2.40 bits per heavy atom. The van der Waals surface area contributed by atoms with Gasteiger partial charge in [-0.2, -0.15) is 0 Å². The summed E-state index contributed by atoms with van der Waals surface area (Å²) >= 11 is 0. The van der Waals surface area contributed by atoms with Gasteiger partial charge in [-0.25, -0.2) is 0 Å². The molecule has 2 aromatic carbocycles. The fourth-order valence-electron chi connectivity index (χ4n) is 2.50. The zero-order chi connectivity index (χ0) is 14.8. The largest absolute Gasteiger partial charge is 0.496 e. The predicted molar refractivity (Wildman–Crippen MR) is 82.2 cm³/mol. The van der Waals surface area contributed by atoms with Crippen molar-refractivity contribution in [1.82, 2.24) is 0 Å². The molecule has 2 aromatic rings. The van der Waals surface area contributed by atoms with Crippen LogP contribution < -0.4 is 4.74 Å². The Kier molecular flexibility index (Phi) is 4.15. The van der Waals surface area contributed by atoms with Gasteiger partial charge in [0.25, 0.3) is 0 Å². The summed E-state index contributed by atoms with van der Waals surface area (Å²) in [5, 5.41) is 10.8. The highest BCUT2D eigenvalue weighted by atomic mass is 16.5. The van der Waals surface area contributed by atoms with E-state index >= 15 is 0 Å². The first-order valence-corrected chi connectivity index (χ1v) is 6.86. The molecule has 0 aliphatic heterocycles. The normalized spacial score (nSPS) is 13.8. The van der Waals surface area contributed by atoms with Gasteiger partial charge in [0.05, 0.1) is 12.7 Å². The van der Waals surface area contributed by atoms with E-state index in [9.17, 15) is 5.11 Å². The van der Waals surface area contributed by atoms with Crippen LogP contribution in [-0.4, -0.2) is 12.2 Å². The Hall–Kier alpha value is -1.80. The summed E-state index contributed by atoms with van der Waals surface area (Å²) in [5.41, 5.74) is 3.52. The second-order valence-electron chi connectivity index (χ2n) is 5.57. The zero-order valence-electron chi connectivity index (χ0n) is 12.6. The summed E-state index contributed by atoms with van der Waals surface area (Å²) in [4.78, 5) is 0. The van der Waals surface area contributed by atoms with Crippen LogP contribution in [-0.2, 0) is 12.0 Å². The van der Waals surface area contributed by atoms with Crippen molar-refractivity contribution < 1.29 is 9.84 Å². The lowest BCUT2D eigenvalue weighted by Gasteiger charge is -2.26. The van der Waals surface area contributed by atoms with E-state index in [2.05, 4.69) is 32.0 Å². The van der Waals surface area contributed by atoms with Crippen LogP contribution in [0.4, 0.5) is 0 Å². The summed E-state index contributed by atoms with van der Waals surface area (Å²) < 4.78 is 5.35. The van der Waals surface area contributed by atoms with E-state index in [1.54, 1.807) is 7.11 Å². The molecule has 2 rings (SSSR count). The van der Waals surface area contributed by atoms with Gasteiger partial charge in [0.2, 0.25) is 0 Å². The number of methoxy groups -OCH3 is 1. The molecule has 1 unspecified atom stereocenters. The molecule has 0 heterocycles. The van der Waals surface area contributed by atoms with E-state index in [1.807, 2.05) is 31.2 Å². The van der Waals surface area contributed by atoms with Gasteiger partial charge in [0.1, 0.15) is 5.75 Å². The predicted octanol–water partition coefficient (Wildman–Crippen LogP) is 3.76. The number of aliphatic hydroxyl groups is 1. The van der Waals surface area contributed by atoms with Gasteiger partial charge in [-0.05, 0) is 43.5 Å². The third-order valence-electron chi connectivity index (χ3n) is 3.81. The first kappa shape index (κ1) is 14.6. The summed E-state index contributed by atoms with van der Waals surface area (Å²) in [6.45, 7) is 6.02. The first-order valence-electron chi connectivity index (χ1n) is 6.86. The van der Waals surface area contributed by atoms with Crippen LogP contribution in [0.5, 0.6) is 5.75 Å². The Morgan fingerprint density at radius 2 is 1.75 bits per heavy atom. The molecule has 0 aromatic heterocycles. The van der Waals surface area contributed by atoms with E-state index in [1.165, 1.54) is 11.1 Å². The molecule has 2 heteroatoms. The van der Waals surface area contributed by atoms with Crippen molar-refractivity contribution in [1.29, 1.82) is 0 Å². The number of benzene rings is 2. The molecule has 0 saturated heterocycles. The third-order valence-corrected chi connectivity index (χ3v) is 3.81. The molecule has 106 valence electrons. The van der Waals surface area contributed by atoms with Gasteiger partial charge in [-0.1, -0.05) is 36.4 Å². The average molecular weight is 270 g/mol. The number of rotatable bonds is 4. The maximum Gasteiger partial charge on any atom is 0.124 e. The van der Waals surface area contributed by atoms with E-state index < -0.39 is 5.60 Å². The second-order valence-corrected chi connectivity index (χ2v) is 5.57. The van der Waals surface area contributed by atoms with E-state index in [0.717, 1.165) is 16.9 Å². The molecule has 2 nitrogen and oxygen atoms in total. The lowest BCUT2D eigenvalue weighted by atomic mass is 9.87. The smallest absolute Gasteiger partial charge is 0.124 e. The Morgan fingerprint density at radius 1 is 1.05 bits per heavy atom. The molecule has 0 spiro atoms. The number of hydrogen-bond donors (Lipinski definition) is 1. The summed E-state index contributed by atoms with van der Waals surface area (Å²) in [6.07, 6.45) is 0.564. The summed E-state index contributed by atoms with van der Waals surface area (Å²) in [6, 6.07) is 13.9. The van der Waals surface area contributed by atoms with Crippen molar-refractivity contribution in [3.8, 4) is 5.75 Å². The van der Waals surface area contributed by atoms with E-state index in [4.69, 9.17) is 4.74 Å². The maximum atomic E-state index is 10.8. The topological polar surface area (TPSA) is 29.5 Å². The average Bonchev–Trinajstić information content (AvgIpc) is 2.42. The SMILES string of the molecule is COc1ccccc1C(C)(O)Cc1ccc(C)c(C)c1. The maximum absolute atomic E-state index is 10.8. The molecule has 1 N–H and O–H groups in total. The minimum Gasteiger partial charge on any atom is -0.496 e. The van der Waals surface area contributed by atoms with Crippen LogP contribution in [0.25, 0.3) is 0 Å².